The minimum Gasteiger partial charge on any atom is -0.508 e. The molecule has 1 unspecified atom stereocenters. The SMILES string of the molecule is CC(c1nc2ccc(O)cc2[nH]1)n1cncn1. The van der Waals surface area contributed by atoms with Crippen LogP contribution in [0.5, 0.6) is 5.75 Å². The molecule has 0 spiro atoms. The van der Waals surface area contributed by atoms with Crippen molar-refractivity contribution in [1.29, 1.82) is 0 Å². The van der Waals surface area contributed by atoms with Crippen LogP contribution in [-0.2, 0) is 0 Å². The lowest BCUT2D eigenvalue weighted by Gasteiger charge is -2.06. The van der Waals surface area contributed by atoms with Crippen molar-refractivity contribution >= 4 is 11.0 Å². The molecule has 1 atom stereocenters. The van der Waals surface area contributed by atoms with Crippen molar-refractivity contribution in [1.82, 2.24) is 24.7 Å². The van der Waals surface area contributed by atoms with Gasteiger partial charge in [-0.3, -0.25) is 0 Å². The van der Waals surface area contributed by atoms with Crippen molar-refractivity contribution in [3.8, 4) is 5.75 Å². The number of aromatic amines is 1. The molecule has 0 aliphatic rings. The van der Waals surface area contributed by atoms with Crippen LogP contribution in [-0.4, -0.2) is 29.8 Å². The van der Waals surface area contributed by atoms with E-state index in [9.17, 15) is 5.11 Å². The first-order valence-corrected chi connectivity index (χ1v) is 5.27. The van der Waals surface area contributed by atoms with Gasteiger partial charge >= 0.3 is 0 Å². The lowest BCUT2D eigenvalue weighted by atomic mass is 10.3. The van der Waals surface area contributed by atoms with Gasteiger partial charge < -0.3 is 10.1 Å². The largest absolute Gasteiger partial charge is 0.508 e. The predicted octanol–water partition coefficient (Wildman–Crippen LogP) is 1.47. The molecule has 0 saturated heterocycles. The fourth-order valence-corrected chi connectivity index (χ4v) is 1.76. The van der Waals surface area contributed by atoms with Crippen LogP contribution in [0.1, 0.15) is 18.8 Å². The molecule has 17 heavy (non-hydrogen) atoms. The summed E-state index contributed by atoms with van der Waals surface area (Å²) in [6.45, 7) is 1.98. The highest BCUT2D eigenvalue weighted by molar-refractivity contribution is 5.76. The van der Waals surface area contributed by atoms with E-state index in [1.807, 2.05) is 6.92 Å². The summed E-state index contributed by atoms with van der Waals surface area (Å²) >= 11 is 0. The summed E-state index contributed by atoms with van der Waals surface area (Å²) in [6.07, 6.45) is 3.14. The number of aromatic hydroxyl groups is 1. The van der Waals surface area contributed by atoms with Gasteiger partial charge in [0.05, 0.1) is 11.0 Å². The molecule has 0 fully saturated rings. The molecular weight excluding hydrogens is 218 g/mol. The smallest absolute Gasteiger partial charge is 0.137 e. The quantitative estimate of drug-likeness (QED) is 0.697. The molecule has 3 rings (SSSR count). The molecule has 0 bridgehead atoms. The fourth-order valence-electron chi connectivity index (χ4n) is 1.76. The van der Waals surface area contributed by atoms with Gasteiger partial charge in [-0.2, -0.15) is 5.10 Å². The Kier molecular flexibility index (Phi) is 2.07. The van der Waals surface area contributed by atoms with Gasteiger partial charge in [-0.15, -0.1) is 0 Å². The molecule has 2 N–H and O–H groups in total. The van der Waals surface area contributed by atoms with Gasteiger partial charge in [0, 0.05) is 6.07 Å². The Morgan fingerprint density at radius 3 is 3.06 bits per heavy atom. The maximum absolute atomic E-state index is 9.39. The third-order valence-electron chi connectivity index (χ3n) is 2.71. The molecule has 6 heteroatoms. The molecule has 3 aromatic rings. The van der Waals surface area contributed by atoms with Gasteiger partial charge in [0.1, 0.15) is 30.3 Å². The first-order valence-electron chi connectivity index (χ1n) is 5.27. The number of nitrogens with zero attached hydrogens (tertiary/aromatic N) is 4. The first-order chi connectivity index (χ1) is 8.24. The van der Waals surface area contributed by atoms with Gasteiger partial charge in [0.15, 0.2) is 0 Å². The number of hydrogen-bond acceptors (Lipinski definition) is 4. The van der Waals surface area contributed by atoms with Crippen LogP contribution in [0, 0.1) is 0 Å². The third-order valence-corrected chi connectivity index (χ3v) is 2.71. The molecule has 0 aliphatic carbocycles. The second-order valence-corrected chi connectivity index (χ2v) is 3.87. The standard InChI is InChI=1S/C11H11N5O/c1-7(16-6-12-5-13-16)11-14-9-3-2-8(17)4-10(9)15-11/h2-7,17H,1H3,(H,14,15). The topological polar surface area (TPSA) is 79.6 Å². The number of rotatable bonds is 2. The number of phenolic OH excluding ortho intramolecular Hbond substituents is 1. The molecule has 86 valence electrons. The second-order valence-electron chi connectivity index (χ2n) is 3.87. The monoisotopic (exact) mass is 229 g/mol. The highest BCUT2D eigenvalue weighted by Gasteiger charge is 2.13. The summed E-state index contributed by atoms with van der Waals surface area (Å²) in [6, 6.07) is 5.03. The summed E-state index contributed by atoms with van der Waals surface area (Å²) in [4.78, 5) is 11.5. The van der Waals surface area contributed by atoms with E-state index in [0.29, 0.717) is 0 Å². The number of benzene rings is 1. The average Bonchev–Trinajstić information content (AvgIpc) is 2.96. The summed E-state index contributed by atoms with van der Waals surface area (Å²) in [5, 5.41) is 13.5. The number of imidazole rings is 1. The van der Waals surface area contributed by atoms with E-state index in [1.54, 1.807) is 29.2 Å². The minimum absolute atomic E-state index is 0.0213. The Balaban J connectivity index is 2.06. The molecular formula is C11H11N5O. The van der Waals surface area contributed by atoms with Crippen LogP contribution in [0.3, 0.4) is 0 Å². The lowest BCUT2D eigenvalue weighted by Crippen LogP contribution is -2.08. The molecule has 2 heterocycles. The highest BCUT2D eigenvalue weighted by atomic mass is 16.3. The Hall–Kier alpha value is -2.37. The van der Waals surface area contributed by atoms with Crippen molar-refractivity contribution in [2.75, 3.05) is 0 Å². The summed E-state index contributed by atoms with van der Waals surface area (Å²) in [5.41, 5.74) is 1.64. The third kappa shape index (κ3) is 1.63. The molecule has 0 saturated carbocycles. The number of phenols is 1. The van der Waals surface area contributed by atoms with E-state index < -0.39 is 0 Å². The molecule has 6 nitrogen and oxygen atoms in total. The van der Waals surface area contributed by atoms with E-state index in [1.165, 1.54) is 6.33 Å². The van der Waals surface area contributed by atoms with Crippen molar-refractivity contribution in [3.63, 3.8) is 0 Å². The van der Waals surface area contributed by atoms with Gasteiger partial charge in [-0.25, -0.2) is 14.6 Å². The zero-order valence-corrected chi connectivity index (χ0v) is 9.20. The van der Waals surface area contributed by atoms with E-state index in [-0.39, 0.29) is 11.8 Å². The van der Waals surface area contributed by atoms with Crippen molar-refractivity contribution in [3.05, 3.63) is 36.7 Å². The van der Waals surface area contributed by atoms with Crippen LogP contribution in [0.25, 0.3) is 11.0 Å². The van der Waals surface area contributed by atoms with Crippen LogP contribution in [0.2, 0.25) is 0 Å². The van der Waals surface area contributed by atoms with E-state index in [2.05, 4.69) is 20.1 Å². The predicted molar refractivity (Wildman–Crippen MR) is 61.6 cm³/mol. The van der Waals surface area contributed by atoms with Crippen LogP contribution >= 0.6 is 0 Å². The Morgan fingerprint density at radius 2 is 2.29 bits per heavy atom. The maximum Gasteiger partial charge on any atom is 0.137 e. The fraction of sp³-hybridized carbons (Fsp3) is 0.182. The summed E-state index contributed by atoms with van der Waals surface area (Å²) < 4.78 is 1.72. The maximum atomic E-state index is 9.39. The summed E-state index contributed by atoms with van der Waals surface area (Å²) in [5.74, 6) is 1.01. The molecule has 0 amide bonds. The number of nitrogens with one attached hydrogen (secondary N) is 1. The second kappa shape index (κ2) is 3.58. The van der Waals surface area contributed by atoms with Crippen LogP contribution < -0.4 is 0 Å². The van der Waals surface area contributed by atoms with Crippen molar-refractivity contribution < 1.29 is 5.11 Å². The van der Waals surface area contributed by atoms with Gasteiger partial charge in [-0.1, -0.05) is 0 Å². The Bertz CT molecular complexity index is 643. The van der Waals surface area contributed by atoms with E-state index in [0.717, 1.165) is 16.9 Å². The lowest BCUT2D eigenvalue weighted by molar-refractivity contribution is 0.476. The number of aromatic nitrogens is 5. The highest BCUT2D eigenvalue weighted by Crippen LogP contribution is 2.21. The van der Waals surface area contributed by atoms with Crippen molar-refractivity contribution in [2.24, 2.45) is 0 Å². The Morgan fingerprint density at radius 1 is 1.41 bits per heavy atom. The Labute approximate surface area is 96.9 Å². The van der Waals surface area contributed by atoms with Crippen LogP contribution in [0.15, 0.2) is 30.9 Å². The normalized spacial score (nSPS) is 13.0. The van der Waals surface area contributed by atoms with E-state index >= 15 is 0 Å². The average molecular weight is 229 g/mol. The molecule has 0 radical (unpaired) electrons. The van der Waals surface area contributed by atoms with Gasteiger partial charge in [-0.05, 0) is 19.1 Å². The van der Waals surface area contributed by atoms with Crippen LogP contribution in [0.4, 0.5) is 0 Å². The van der Waals surface area contributed by atoms with Gasteiger partial charge in [0.2, 0.25) is 0 Å². The molecule has 2 aromatic heterocycles. The zero-order chi connectivity index (χ0) is 11.8. The summed E-state index contributed by atoms with van der Waals surface area (Å²) in [7, 11) is 0. The minimum atomic E-state index is -0.0213. The number of H-pyrrole nitrogens is 1. The van der Waals surface area contributed by atoms with Gasteiger partial charge in [0.25, 0.3) is 0 Å². The zero-order valence-electron chi connectivity index (χ0n) is 9.20. The van der Waals surface area contributed by atoms with E-state index in [4.69, 9.17) is 0 Å². The van der Waals surface area contributed by atoms with Crippen molar-refractivity contribution in [2.45, 2.75) is 13.0 Å². The molecule has 0 aliphatic heterocycles. The number of hydrogen-bond donors (Lipinski definition) is 2. The molecule has 1 aromatic carbocycles. The number of fused-ring (bicyclic) bond motifs is 1. The first kappa shape index (κ1) is 9.83.